The molecule has 1 aliphatic carbocycles. The second-order valence-electron chi connectivity index (χ2n) is 8.89. The van der Waals surface area contributed by atoms with Gasteiger partial charge in [-0.2, -0.15) is 0 Å². The van der Waals surface area contributed by atoms with Gasteiger partial charge < -0.3 is 5.32 Å². The molecule has 1 unspecified atom stereocenters. The number of anilines is 1. The number of sulfonamides is 1. The number of benzene rings is 1. The van der Waals surface area contributed by atoms with Crippen molar-refractivity contribution < 1.29 is 13.3 Å². The lowest BCUT2D eigenvalue weighted by molar-refractivity contribution is -0.384. The highest BCUT2D eigenvalue weighted by Crippen LogP contribution is 2.30. The minimum absolute atomic E-state index is 0.0510. The van der Waals surface area contributed by atoms with E-state index in [0.29, 0.717) is 24.2 Å². The maximum Gasteiger partial charge on any atom is 0.293 e. The van der Waals surface area contributed by atoms with E-state index in [2.05, 4.69) is 26.8 Å². The number of nitrogens with one attached hydrogen (secondary N) is 2. The second kappa shape index (κ2) is 8.78. The molecule has 3 aliphatic heterocycles. The molecule has 30 heavy (non-hydrogen) atoms. The van der Waals surface area contributed by atoms with Gasteiger partial charge in [0, 0.05) is 57.4 Å². The molecule has 4 aliphatic rings. The summed E-state index contributed by atoms with van der Waals surface area (Å²) in [6.07, 6.45) is 3.59. The van der Waals surface area contributed by atoms with Gasteiger partial charge in [-0.25, -0.2) is 13.1 Å². The van der Waals surface area contributed by atoms with Gasteiger partial charge in [0.25, 0.3) is 5.69 Å². The quantitative estimate of drug-likeness (QED) is 0.495. The first kappa shape index (κ1) is 21.5. The maximum absolute atomic E-state index is 12.8. The number of nitro groups is 1. The summed E-state index contributed by atoms with van der Waals surface area (Å²) in [4.78, 5) is 15.9. The SMILES string of the molecule is CC1CCC(NS(=O)(=O)c2ccc(NCC3CN4CCN3CC4)c([N+](=O)[O-])c2)CC1. The van der Waals surface area contributed by atoms with Crippen molar-refractivity contribution in [1.29, 1.82) is 0 Å². The van der Waals surface area contributed by atoms with Crippen molar-refractivity contribution in [3.8, 4) is 0 Å². The minimum Gasteiger partial charge on any atom is -0.378 e. The lowest BCUT2D eigenvalue weighted by Gasteiger charge is -2.47. The third-order valence-corrected chi connectivity index (χ3v) is 8.25. The van der Waals surface area contributed by atoms with Crippen LogP contribution in [0.5, 0.6) is 0 Å². The van der Waals surface area contributed by atoms with Crippen LogP contribution < -0.4 is 10.0 Å². The Bertz CT molecular complexity index is 877. The number of rotatable bonds is 7. The molecule has 0 amide bonds. The van der Waals surface area contributed by atoms with Crippen LogP contribution in [0.25, 0.3) is 0 Å². The standard InChI is InChI=1S/C20H31N5O4S/c1-15-2-4-16(5-3-15)22-30(28,29)18-6-7-19(20(12-18)25(26)27)21-13-17-14-23-8-10-24(17)11-9-23/h6-7,12,15-17,21-22H,2-5,8-11,13-14H2,1H3. The summed E-state index contributed by atoms with van der Waals surface area (Å²) < 4.78 is 28.3. The van der Waals surface area contributed by atoms with Gasteiger partial charge in [0.1, 0.15) is 5.69 Å². The average molecular weight is 438 g/mol. The van der Waals surface area contributed by atoms with E-state index in [-0.39, 0.29) is 16.6 Å². The second-order valence-corrected chi connectivity index (χ2v) is 10.6. The highest BCUT2D eigenvalue weighted by atomic mass is 32.2. The minimum atomic E-state index is -3.79. The predicted molar refractivity (Wildman–Crippen MR) is 115 cm³/mol. The Hall–Kier alpha value is -1.75. The van der Waals surface area contributed by atoms with Crippen LogP contribution in [0.15, 0.2) is 23.1 Å². The zero-order chi connectivity index (χ0) is 21.3. The molecule has 0 spiro atoms. The molecule has 4 fully saturated rings. The Kier molecular flexibility index (Phi) is 6.29. The van der Waals surface area contributed by atoms with Gasteiger partial charge in [0.15, 0.2) is 0 Å². The van der Waals surface area contributed by atoms with Gasteiger partial charge >= 0.3 is 0 Å². The van der Waals surface area contributed by atoms with Gasteiger partial charge in [-0.15, -0.1) is 0 Å². The fraction of sp³-hybridized carbons (Fsp3) is 0.700. The lowest BCUT2D eigenvalue weighted by atomic mass is 9.88. The van der Waals surface area contributed by atoms with Crippen molar-refractivity contribution in [2.45, 2.75) is 49.6 Å². The van der Waals surface area contributed by atoms with Gasteiger partial charge in [-0.1, -0.05) is 6.92 Å². The molecule has 2 N–H and O–H groups in total. The topological polar surface area (TPSA) is 108 Å². The molecule has 0 aromatic heterocycles. The Labute approximate surface area is 178 Å². The monoisotopic (exact) mass is 437 g/mol. The van der Waals surface area contributed by atoms with Crippen molar-refractivity contribution in [1.82, 2.24) is 14.5 Å². The predicted octanol–water partition coefficient (Wildman–Crippen LogP) is 1.86. The Morgan fingerprint density at radius 1 is 1.13 bits per heavy atom. The third-order valence-electron chi connectivity index (χ3n) is 6.73. The summed E-state index contributed by atoms with van der Waals surface area (Å²) in [6.45, 7) is 7.94. The van der Waals surface area contributed by atoms with Gasteiger partial charge in [0.2, 0.25) is 10.0 Å². The van der Waals surface area contributed by atoms with Crippen LogP contribution in [0.1, 0.15) is 32.6 Å². The first-order valence-corrected chi connectivity index (χ1v) is 12.3. The molecule has 1 aromatic carbocycles. The maximum atomic E-state index is 12.8. The fourth-order valence-electron chi connectivity index (χ4n) is 4.79. The van der Waals surface area contributed by atoms with Crippen LogP contribution >= 0.6 is 0 Å². The number of fused-ring (bicyclic) bond motifs is 3. The van der Waals surface area contributed by atoms with E-state index in [1.165, 1.54) is 18.2 Å². The van der Waals surface area contributed by atoms with Gasteiger partial charge in [-0.05, 0) is 43.7 Å². The number of nitrogens with zero attached hydrogens (tertiary/aromatic N) is 3. The summed E-state index contributed by atoms with van der Waals surface area (Å²) in [5.74, 6) is 0.615. The summed E-state index contributed by atoms with van der Waals surface area (Å²) in [7, 11) is -3.79. The van der Waals surface area contributed by atoms with Gasteiger partial charge in [0.05, 0.1) is 9.82 Å². The van der Waals surface area contributed by atoms with Crippen molar-refractivity contribution in [3.63, 3.8) is 0 Å². The van der Waals surface area contributed by atoms with Crippen LogP contribution in [-0.4, -0.2) is 74.5 Å². The fourth-order valence-corrected chi connectivity index (χ4v) is 6.12. The van der Waals surface area contributed by atoms with Crippen LogP contribution in [-0.2, 0) is 10.0 Å². The summed E-state index contributed by atoms with van der Waals surface area (Å²) >= 11 is 0. The summed E-state index contributed by atoms with van der Waals surface area (Å²) in [5, 5.41) is 14.8. The molecular weight excluding hydrogens is 406 g/mol. The molecule has 166 valence electrons. The Morgan fingerprint density at radius 2 is 1.83 bits per heavy atom. The lowest BCUT2D eigenvalue weighted by Crippen LogP contribution is -2.62. The molecule has 0 radical (unpaired) electrons. The molecule has 3 saturated heterocycles. The largest absolute Gasteiger partial charge is 0.378 e. The van der Waals surface area contributed by atoms with E-state index in [4.69, 9.17) is 0 Å². The smallest absolute Gasteiger partial charge is 0.293 e. The van der Waals surface area contributed by atoms with Crippen LogP contribution in [0.4, 0.5) is 11.4 Å². The number of piperazine rings is 3. The molecule has 9 nitrogen and oxygen atoms in total. The first-order valence-electron chi connectivity index (χ1n) is 10.8. The van der Waals surface area contributed by atoms with Crippen LogP contribution in [0.3, 0.4) is 0 Å². The van der Waals surface area contributed by atoms with E-state index < -0.39 is 14.9 Å². The molecule has 10 heteroatoms. The molecule has 1 saturated carbocycles. The van der Waals surface area contributed by atoms with E-state index in [1.54, 1.807) is 0 Å². The van der Waals surface area contributed by atoms with Crippen molar-refractivity contribution in [2.75, 3.05) is 44.6 Å². The third kappa shape index (κ3) is 4.77. The molecule has 5 rings (SSSR count). The van der Waals surface area contributed by atoms with E-state index in [0.717, 1.165) is 58.4 Å². The highest BCUT2D eigenvalue weighted by Gasteiger charge is 2.32. The zero-order valence-corrected chi connectivity index (χ0v) is 18.2. The zero-order valence-electron chi connectivity index (χ0n) is 17.4. The van der Waals surface area contributed by atoms with Crippen LogP contribution in [0.2, 0.25) is 0 Å². The van der Waals surface area contributed by atoms with E-state index >= 15 is 0 Å². The summed E-state index contributed by atoms with van der Waals surface area (Å²) in [6, 6.07) is 4.36. The molecular formula is C20H31N5O4S. The number of hydrogen-bond acceptors (Lipinski definition) is 7. The molecule has 1 atom stereocenters. The van der Waals surface area contributed by atoms with Crippen molar-refractivity contribution >= 4 is 21.4 Å². The molecule has 3 heterocycles. The van der Waals surface area contributed by atoms with E-state index in [1.807, 2.05) is 0 Å². The summed E-state index contributed by atoms with van der Waals surface area (Å²) in [5.41, 5.74) is 0.162. The Balaban J connectivity index is 1.45. The van der Waals surface area contributed by atoms with E-state index in [9.17, 15) is 18.5 Å². The van der Waals surface area contributed by atoms with Crippen molar-refractivity contribution in [3.05, 3.63) is 28.3 Å². The normalized spacial score (nSPS) is 31.4. The number of nitro benzene ring substituents is 1. The molecule has 2 bridgehead atoms. The number of hydrogen-bond donors (Lipinski definition) is 2. The Morgan fingerprint density at radius 3 is 2.43 bits per heavy atom. The van der Waals surface area contributed by atoms with Gasteiger partial charge in [-0.3, -0.25) is 19.9 Å². The van der Waals surface area contributed by atoms with Crippen molar-refractivity contribution in [2.24, 2.45) is 5.92 Å². The average Bonchev–Trinajstić information content (AvgIpc) is 2.74. The highest BCUT2D eigenvalue weighted by molar-refractivity contribution is 7.89. The van der Waals surface area contributed by atoms with Crippen LogP contribution in [0, 0.1) is 16.0 Å². The first-order chi connectivity index (χ1) is 14.3. The molecule has 1 aromatic rings.